The van der Waals surface area contributed by atoms with Gasteiger partial charge in [0.05, 0.1) is 5.75 Å². The summed E-state index contributed by atoms with van der Waals surface area (Å²) in [5.41, 5.74) is 0.961. The molecule has 9 heteroatoms. The van der Waals surface area contributed by atoms with E-state index in [9.17, 15) is 12.8 Å². The molecule has 142 valence electrons. The third-order valence-electron chi connectivity index (χ3n) is 4.39. The van der Waals surface area contributed by atoms with E-state index >= 15 is 0 Å². The van der Waals surface area contributed by atoms with Crippen LogP contribution in [-0.4, -0.2) is 54.0 Å². The van der Waals surface area contributed by atoms with E-state index < -0.39 is 10.0 Å². The van der Waals surface area contributed by atoms with Crippen molar-refractivity contribution in [2.45, 2.75) is 26.2 Å². The maximum atomic E-state index is 13.0. The number of rotatable bonds is 7. The molecule has 1 aliphatic rings. The summed E-state index contributed by atoms with van der Waals surface area (Å²) in [7, 11) is -3.15. The fraction of sp³-hybridized carbons (Fsp3) is 0.529. The van der Waals surface area contributed by atoms with Crippen LogP contribution in [0.1, 0.15) is 31.2 Å². The maximum absolute atomic E-state index is 13.0. The number of aromatic nitrogens is 2. The second-order valence-electron chi connectivity index (χ2n) is 6.35. The fourth-order valence-electron chi connectivity index (χ4n) is 2.84. The van der Waals surface area contributed by atoms with Crippen LogP contribution in [0.25, 0.3) is 0 Å². The number of unbranched alkanes of at least 4 members (excludes halogenated alkanes) is 1. The molecule has 0 atom stereocenters. The molecule has 0 aliphatic carbocycles. The van der Waals surface area contributed by atoms with Crippen molar-refractivity contribution in [3.8, 4) is 0 Å². The molecule has 0 radical (unpaired) electrons. The Hall–Kier alpha value is -1.58. The fourth-order valence-corrected chi connectivity index (χ4v) is 5.21. The second-order valence-corrected chi connectivity index (χ2v) is 9.17. The first-order valence-electron chi connectivity index (χ1n) is 8.78. The van der Waals surface area contributed by atoms with Crippen LogP contribution in [0.3, 0.4) is 0 Å². The van der Waals surface area contributed by atoms with E-state index in [0.717, 1.165) is 17.1 Å². The SMILES string of the molecule is CCCCS(=O)(=O)N1CCN(c2nc(Cc3ccc(F)cc3)ns2)CC1. The van der Waals surface area contributed by atoms with Gasteiger partial charge >= 0.3 is 0 Å². The van der Waals surface area contributed by atoms with Crippen LogP contribution in [0.15, 0.2) is 24.3 Å². The summed E-state index contributed by atoms with van der Waals surface area (Å²) in [5.74, 6) is 0.673. The van der Waals surface area contributed by atoms with E-state index in [2.05, 4.69) is 14.3 Å². The molecule has 0 amide bonds. The maximum Gasteiger partial charge on any atom is 0.214 e. The lowest BCUT2D eigenvalue weighted by Gasteiger charge is -2.33. The first-order valence-corrected chi connectivity index (χ1v) is 11.2. The number of hydrogen-bond donors (Lipinski definition) is 0. The number of nitrogens with zero attached hydrogens (tertiary/aromatic N) is 4. The Kier molecular flexibility index (Phi) is 6.20. The number of hydrogen-bond acceptors (Lipinski definition) is 6. The third kappa shape index (κ3) is 4.77. The van der Waals surface area contributed by atoms with Gasteiger partial charge in [-0.2, -0.15) is 8.68 Å². The molecule has 1 aromatic carbocycles. The highest BCUT2D eigenvalue weighted by Crippen LogP contribution is 2.21. The molecule has 0 unspecified atom stereocenters. The van der Waals surface area contributed by atoms with Crippen molar-refractivity contribution >= 4 is 26.7 Å². The Labute approximate surface area is 157 Å². The Morgan fingerprint density at radius 3 is 2.50 bits per heavy atom. The van der Waals surface area contributed by atoms with Crippen molar-refractivity contribution < 1.29 is 12.8 Å². The van der Waals surface area contributed by atoms with Crippen molar-refractivity contribution in [2.75, 3.05) is 36.8 Å². The molecule has 26 heavy (non-hydrogen) atoms. The van der Waals surface area contributed by atoms with Crippen LogP contribution < -0.4 is 4.90 Å². The lowest BCUT2D eigenvalue weighted by atomic mass is 10.1. The van der Waals surface area contributed by atoms with E-state index in [0.29, 0.717) is 44.8 Å². The van der Waals surface area contributed by atoms with Gasteiger partial charge in [-0.1, -0.05) is 25.5 Å². The number of anilines is 1. The van der Waals surface area contributed by atoms with Gasteiger partial charge in [-0.3, -0.25) is 0 Å². The summed E-state index contributed by atoms with van der Waals surface area (Å²) in [6.07, 6.45) is 2.13. The molecular formula is C17H23FN4O2S2. The largest absolute Gasteiger partial charge is 0.344 e. The minimum Gasteiger partial charge on any atom is -0.344 e. The molecule has 0 N–H and O–H groups in total. The number of halogens is 1. The average molecular weight is 399 g/mol. The number of sulfonamides is 1. The number of benzene rings is 1. The van der Waals surface area contributed by atoms with Crippen LogP contribution in [0.2, 0.25) is 0 Å². The molecule has 2 aromatic rings. The van der Waals surface area contributed by atoms with Crippen LogP contribution in [0, 0.1) is 5.82 Å². The molecule has 0 spiro atoms. The highest BCUT2D eigenvalue weighted by Gasteiger charge is 2.27. The molecular weight excluding hydrogens is 375 g/mol. The zero-order chi connectivity index (χ0) is 18.6. The lowest BCUT2D eigenvalue weighted by molar-refractivity contribution is 0.384. The summed E-state index contributed by atoms with van der Waals surface area (Å²) in [6, 6.07) is 6.33. The lowest BCUT2D eigenvalue weighted by Crippen LogP contribution is -2.49. The van der Waals surface area contributed by atoms with Gasteiger partial charge in [0.15, 0.2) is 0 Å². The minimum atomic E-state index is -3.15. The van der Waals surface area contributed by atoms with Gasteiger partial charge < -0.3 is 4.90 Å². The molecule has 1 fully saturated rings. The Bertz CT molecular complexity index is 816. The van der Waals surface area contributed by atoms with Gasteiger partial charge in [0.25, 0.3) is 0 Å². The molecule has 0 saturated carbocycles. The van der Waals surface area contributed by atoms with Crippen LogP contribution in [-0.2, 0) is 16.4 Å². The second kappa shape index (κ2) is 8.41. The van der Waals surface area contributed by atoms with E-state index in [1.807, 2.05) is 6.92 Å². The molecule has 0 bridgehead atoms. The molecule has 1 saturated heterocycles. The van der Waals surface area contributed by atoms with E-state index in [1.54, 1.807) is 16.4 Å². The zero-order valence-electron chi connectivity index (χ0n) is 14.8. The first kappa shape index (κ1) is 19.2. The van der Waals surface area contributed by atoms with E-state index in [-0.39, 0.29) is 11.6 Å². The van der Waals surface area contributed by atoms with Gasteiger partial charge in [-0.15, -0.1) is 0 Å². The van der Waals surface area contributed by atoms with Crippen molar-refractivity contribution in [1.82, 2.24) is 13.7 Å². The zero-order valence-corrected chi connectivity index (χ0v) is 16.4. The van der Waals surface area contributed by atoms with Gasteiger partial charge in [-0.05, 0) is 24.1 Å². The summed E-state index contributed by atoms with van der Waals surface area (Å²) >= 11 is 1.32. The van der Waals surface area contributed by atoms with E-state index in [4.69, 9.17) is 0 Å². The van der Waals surface area contributed by atoms with Crippen molar-refractivity contribution in [1.29, 1.82) is 0 Å². The van der Waals surface area contributed by atoms with Crippen LogP contribution in [0.5, 0.6) is 0 Å². The third-order valence-corrected chi connectivity index (χ3v) is 7.16. The van der Waals surface area contributed by atoms with Crippen LogP contribution >= 0.6 is 11.5 Å². The first-order chi connectivity index (χ1) is 12.5. The van der Waals surface area contributed by atoms with Crippen molar-refractivity contribution in [3.05, 3.63) is 41.5 Å². The molecule has 3 rings (SSSR count). The quantitative estimate of drug-likeness (QED) is 0.717. The summed E-state index contributed by atoms with van der Waals surface area (Å²) < 4.78 is 43.5. The van der Waals surface area contributed by atoms with Gasteiger partial charge in [0.2, 0.25) is 15.2 Å². The van der Waals surface area contributed by atoms with Crippen molar-refractivity contribution in [2.24, 2.45) is 0 Å². The Morgan fingerprint density at radius 1 is 1.15 bits per heavy atom. The van der Waals surface area contributed by atoms with Crippen molar-refractivity contribution in [3.63, 3.8) is 0 Å². The smallest absolute Gasteiger partial charge is 0.214 e. The standard InChI is InChI=1S/C17H23FN4O2S2/c1-2-3-12-26(23,24)22-10-8-21(9-11-22)17-19-16(20-25-17)13-14-4-6-15(18)7-5-14/h4-7H,2-3,8-13H2,1H3. The molecule has 2 heterocycles. The Balaban J connectivity index is 1.57. The summed E-state index contributed by atoms with van der Waals surface area (Å²) in [4.78, 5) is 6.64. The Morgan fingerprint density at radius 2 is 1.85 bits per heavy atom. The highest BCUT2D eigenvalue weighted by atomic mass is 32.2. The summed E-state index contributed by atoms with van der Waals surface area (Å²) in [6.45, 7) is 4.21. The van der Waals surface area contributed by atoms with E-state index in [1.165, 1.54) is 23.7 Å². The predicted octanol–water partition coefficient (Wildman–Crippen LogP) is 2.52. The minimum absolute atomic E-state index is 0.226. The molecule has 1 aromatic heterocycles. The normalized spacial score (nSPS) is 16.2. The molecule has 6 nitrogen and oxygen atoms in total. The summed E-state index contributed by atoms with van der Waals surface area (Å²) in [5, 5.41) is 0.813. The number of piperazine rings is 1. The monoisotopic (exact) mass is 398 g/mol. The highest BCUT2D eigenvalue weighted by molar-refractivity contribution is 7.89. The van der Waals surface area contributed by atoms with Gasteiger partial charge in [-0.25, -0.2) is 17.8 Å². The van der Waals surface area contributed by atoms with Crippen LogP contribution in [0.4, 0.5) is 9.52 Å². The molecule has 1 aliphatic heterocycles. The predicted molar refractivity (Wildman–Crippen MR) is 102 cm³/mol. The van der Waals surface area contributed by atoms with Gasteiger partial charge in [0.1, 0.15) is 11.6 Å². The van der Waals surface area contributed by atoms with Gasteiger partial charge in [0, 0.05) is 44.1 Å². The average Bonchev–Trinajstić information content (AvgIpc) is 3.11. The topological polar surface area (TPSA) is 66.4 Å².